The highest BCUT2D eigenvalue weighted by Gasteiger charge is 2.04. The first-order valence-corrected chi connectivity index (χ1v) is 4.86. The molecule has 5 heteroatoms. The molecule has 0 bridgehead atoms. The largest absolute Gasteiger partial charge is 0.396 e. The van der Waals surface area contributed by atoms with Crippen molar-refractivity contribution in [3.8, 4) is 0 Å². The van der Waals surface area contributed by atoms with Gasteiger partial charge in [-0.05, 0) is 19.8 Å². The summed E-state index contributed by atoms with van der Waals surface area (Å²) >= 11 is 0. The Hall–Kier alpha value is -0.940. The maximum Gasteiger partial charge on any atom is 0.223 e. The van der Waals surface area contributed by atoms with Crippen LogP contribution in [0.3, 0.4) is 0 Å². The van der Waals surface area contributed by atoms with E-state index >= 15 is 0 Å². The number of hydrogen-bond acceptors (Lipinski definition) is 5. The van der Waals surface area contributed by atoms with E-state index in [1.165, 1.54) is 0 Å². The molecule has 0 aliphatic rings. The molecule has 1 atom stereocenters. The molecule has 0 aliphatic carbocycles. The van der Waals surface area contributed by atoms with E-state index in [-0.39, 0.29) is 6.61 Å². The van der Waals surface area contributed by atoms with Crippen LogP contribution in [0.25, 0.3) is 0 Å². The van der Waals surface area contributed by atoms with Gasteiger partial charge in [-0.15, -0.1) is 0 Å². The van der Waals surface area contributed by atoms with E-state index in [4.69, 9.17) is 9.63 Å². The van der Waals surface area contributed by atoms with Crippen LogP contribution in [0.4, 0.5) is 0 Å². The lowest BCUT2D eigenvalue weighted by Crippen LogP contribution is -2.26. The summed E-state index contributed by atoms with van der Waals surface area (Å²) in [6, 6.07) is 0.362. The zero-order valence-corrected chi connectivity index (χ0v) is 8.66. The molecular weight excluding hydrogens is 182 g/mol. The zero-order chi connectivity index (χ0) is 10.4. The molecule has 80 valence electrons. The summed E-state index contributed by atoms with van der Waals surface area (Å²) in [6.45, 7) is 4.70. The Morgan fingerprint density at radius 1 is 1.57 bits per heavy atom. The van der Waals surface area contributed by atoms with Gasteiger partial charge in [-0.1, -0.05) is 5.16 Å². The van der Waals surface area contributed by atoms with E-state index in [1.54, 1.807) is 6.92 Å². The molecule has 0 aliphatic heterocycles. The highest BCUT2D eigenvalue weighted by molar-refractivity contribution is 4.83. The van der Waals surface area contributed by atoms with Crippen LogP contribution in [0.2, 0.25) is 0 Å². The first-order valence-electron chi connectivity index (χ1n) is 4.86. The number of aliphatic hydroxyl groups is 1. The van der Waals surface area contributed by atoms with Gasteiger partial charge in [0.2, 0.25) is 5.89 Å². The van der Waals surface area contributed by atoms with Crippen molar-refractivity contribution >= 4 is 0 Å². The first-order chi connectivity index (χ1) is 6.72. The Morgan fingerprint density at radius 3 is 2.93 bits per heavy atom. The topological polar surface area (TPSA) is 71.2 Å². The quantitative estimate of drug-likeness (QED) is 0.703. The van der Waals surface area contributed by atoms with Gasteiger partial charge in [0, 0.05) is 19.6 Å². The number of hydrogen-bond donors (Lipinski definition) is 2. The number of aliphatic hydroxyl groups excluding tert-OH is 1. The van der Waals surface area contributed by atoms with Gasteiger partial charge in [-0.25, -0.2) is 0 Å². The second-order valence-corrected chi connectivity index (χ2v) is 3.38. The van der Waals surface area contributed by atoms with Crippen molar-refractivity contribution in [2.75, 3.05) is 6.61 Å². The summed E-state index contributed by atoms with van der Waals surface area (Å²) in [5.74, 6) is 1.27. The lowest BCUT2D eigenvalue weighted by atomic mass is 10.2. The zero-order valence-electron chi connectivity index (χ0n) is 8.66. The van der Waals surface area contributed by atoms with Crippen LogP contribution in [-0.2, 0) is 6.54 Å². The minimum absolute atomic E-state index is 0.243. The molecule has 0 aromatic carbocycles. The third-order valence-corrected chi connectivity index (χ3v) is 1.97. The van der Waals surface area contributed by atoms with E-state index in [2.05, 4.69) is 22.4 Å². The van der Waals surface area contributed by atoms with Crippen molar-refractivity contribution in [1.82, 2.24) is 15.5 Å². The molecule has 0 amide bonds. The maximum absolute atomic E-state index is 8.64. The van der Waals surface area contributed by atoms with E-state index in [0.29, 0.717) is 24.3 Å². The fourth-order valence-corrected chi connectivity index (χ4v) is 1.18. The molecule has 0 fully saturated rings. The standard InChI is InChI=1S/C9H17N3O2/c1-7(4-3-5-13)10-6-9-11-8(2)14-12-9/h7,10,13H,3-6H2,1-2H3. The fraction of sp³-hybridized carbons (Fsp3) is 0.778. The Morgan fingerprint density at radius 2 is 2.36 bits per heavy atom. The average Bonchev–Trinajstić information content (AvgIpc) is 2.58. The van der Waals surface area contributed by atoms with Crippen LogP contribution >= 0.6 is 0 Å². The molecule has 1 aromatic heterocycles. The SMILES string of the molecule is Cc1nc(CNC(C)CCCO)no1. The normalized spacial score (nSPS) is 13.1. The molecule has 5 nitrogen and oxygen atoms in total. The molecule has 1 rings (SSSR count). The van der Waals surface area contributed by atoms with Crippen LogP contribution in [-0.4, -0.2) is 27.9 Å². The lowest BCUT2D eigenvalue weighted by Gasteiger charge is -2.10. The number of nitrogens with one attached hydrogen (secondary N) is 1. The van der Waals surface area contributed by atoms with Gasteiger partial charge >= 0.3 is 0 Å². The fourth-order valence-electron chi connectivity index (χ4n) is 1.18. The van der Waals surface area contributed by atoms with Gasteiger partial charge in [0.25, 0.3) is 0 Å². The first kappa shape index (κ1) is 11.1. The molecule has 1 aromatic rings. The van der Waals surface area contributed by atoms with E-state index in [9.17, 15) is 0 Å². The second kappa shape index (κ2) is 5.72. The minimum Gasteiger partial charge on any atom is -0.396 e. The highest BCUT2D eigenvalue weighted by atomic mass is 16.5. The van der Waals surface area contributed by atoms with Crippen molar-refractivity contribution < 1.29 is 9.63 Å². The second-order valence-electron chi connectivity index (χ2n) is 3.38. The van der Waals surface area contributed by atoms with Crippen LogP contribution in [0.15, 0.2) is 4.52 Å². The molecule has 0 saturated heterocycles. The number of nitrogens with zero attached hydrogens (tertiary/aromatic N) is 2. The monoisotopic (exact) mass is 199 g/mol. The van der Waals surface area contributed by atoms with Crippen LogP contribution in [0.5, 0.6) is 0 Å². The molecular formula is C9H17N3O2. The number of aromatic nitrogens is 2. The summed E-state index contributed by atoms with van der Waals surface area (Å²) < 4.78 is 4.84. The van der Waals surface area contributed by atoms with Crippen molar-refractivity contribution in [3.05, 3.63) is 11.7 Å². The maximum atomic E-state index is 8.64. The van der Waals surface area contributed by atoms with Crippen molar-refractivity contribution in [3.63, 3.8) is 0 Å². The van der Waals surface area contributed by atoms with E-state index in [0.717, 1.165) is 12.8 Å². The summed E-state index contributed by atoms with van der Waals surface area (Å²) in [7, 11) is 0. The van der Waals surface area contributed by atoms with Crippen LogP contribution in [0.1, 0.15) is 31.5 Å². The van der Waals surface area contributed by atoms with Crippen molar-refractivity contribution in [1.29, 1.82) is 0 Å². The Bertz CT molecular complexity index is 262. The van der Waals surface area contributed by atoms with E-state index in [1.807, 2.05) is 0 Å². The van der Waals surface area contributed by atoms with Crippen molar-refractivity contribution in [2.24, 2.45) is 0 Å². The molecule has 0 saturated carbocycles. The average molecular weight is 199 g/mol. The molecule has 14 heavy (non-hydrogen) atoms. The lowest BCUT2D eigenvalue weighted by molar-refractivity contribution is 0.276. The van der Waals surface area contributed by atoms with Crippen LogP contribution < -0.4 is 5.32 Å². The van der Waals surface area contributed by atoms with Gasteiger partial charge in [0.05, 0.1) is 6.54 Å². The third kappa shape index (κ3) is 3.85. The molecule has 0 spiro atoms. The summed E-state index contributed by atoms with van der Waals surface area (Å²) in [6.07, 6.45) is 1.77. The minimum atomic E-state index is 0.243. The van der Waals surface area contributed by atoms with Gasteiger partial charge in [0.15, 0.2) is 5.82 Å². The number of rotatable bonds is 6. The smallest absolute Gasteiger partial charge is 0.223 e. The Kier molecular flexibility index (Phi) is 4.55. The van der Waals surface area contributed by atoms with Gasteiger partial charge in [0.1, 0.15) is 0 Å². The predicted octanol–water partition coefficient (Wildman–Crippen LogP) is 0.629. The van der Waals surface area contributed by atoms with Gasteiger partial charge in [-0.2, -0.15) is 4.98 Å². The summed E-state index contributed by atoms with van der Waals surface area (Å²) in [5, 5.41) is 15.7. The van der Waals surface area contributed by atoms with Crippen LogP contribution in [0, 0.1) is 6.92 Å². The summed E-state index contributed by atoms with van der Waals surface area (Å²) in [5.41, 5.74) is 0. The molecule has 0 radical (unpaired) electrons. The van der Waals surface area contributed by atoms with Gasteiger partial charge < -0.3 is 14.9 Å². The highest BCUT2D eigenvalue weighted by Crippen LogP contribution is 1.98. The number of aryl methyl sites for hydroxylation is 1. The van der Waals surface area contributed by atoms with Gasteiger partial charge in [-0.3, -0.25) is 0 Å². The van der Waals surface area contributed by atoms with E-state index < -0.39 is 0 Å². The van der Waals surface area contributed by atoms with Crippen molar-refractivity contribution in [2.45, 2.75) is 39.3 Å². The Balaban J connectivity index is 2.20. The molecule has 1 unspecified atom stereocenters. The molecule has 1 heterocycles. The summed E-state index contributed by atoms with van der Waals surface area (Å²) in [4.78, 5) is 4.07. The Labute approximate surface area is 83.5 Å². The third-order valence-electron chi connectivity index (χ3n) is 1.97. The predicted molar refractivity (Wildman–Crippen MR) is 51.7 cm³/mol. The molecule has 2 N–H and O–H groups in total.